The first-order valence-electron chi connectivity index (χ1n) is 7.59. The fraction of sp³-hybridized carbons (Fsp3) is 0.643. The zero-order chi connectivity index (χ0) is 14.8. The molecule has 1 aliphatic rings. The fourth-order valence-corrected chi connectivity index (χ4v) is 3.03. The van der Waals surface area contributed by atoms with Gasteiger partial charge in [-0.2, -0.15) is 5.10 Å². The first kappa shape index (κ1) is 14.1. The third-order valence-corrected chi connectivity index (χ3v) is 4.08. The van der Waals surface area contributed by atoms with Crippen molar-refractivity contribution >= 4 is 11.5 Å². The molecule has 3 heterocycles. The van der Waals surface area contributed by atoms with Crippen LogP contribution in [-0.2, 0) is 0 Å². The van der Waals surface area contributed by atoms with Gasteiger partial charge in [-0.05, 0) is 38.8 Å². The number of aromatic nitrogens is 4. The lowest BCUT2D eigenvalue weighted by Gasteiger charge is -2.33. The summed E-state index contributed by atoms with van der Waals surface area (Å²) in [6.45, 7) is 8.05. The molecule has 2 aromatic heterocycles. The molecule has 0 amide bonds. The van der Waals surface area contributed by atoms with Gasteiger partial charge in [0.05, 0.1) is 0 Å². The van der Waals surface area contributed by atoms with Crippen molar-refractivity contribution in [3.8, 4) is 0 Å². The molecule has 114 valence electrons. The number of hydrogen-bond acceptors (Lipinski definition) is 5. The molecule has 7 nitrogen and oxygen atoms in total. The Bertz CT molecular complexity index is 676. The summed E-state index contributed by atoms with van der Waals surface area (Å²) < 4.78 is 1.50. The summed E-state index contributed by atoms with van der Waals surface area (Å²) in [6, 6.07) is 1.89. The molecule has 0 radical (unpaired) electrons. The van der Waals surface area contributed by atoms with Gasteiger partial charge in [-0.15, -0.1) is 0 Å². The number of H-pyrrole nitrogens is 1. The Morgan fingerprint density at radius 2 is 2.38 bits per heavy atom. The number of nitrogens with one attached hydrogen (secondary N) is 2. The molecule has 0 saturated carbocycles. The van der Waals surface area contributed by atoms with E-state index in [1.54, 1.807) is 0 Å². The van der Waals surface area contributed by atoms with Crippen molar-refractivity contribution in [3.05, 3.63) is 22.4 Å². The first-order valence-corrected chi connectivity index (χ1v) is 7.59. The highest BCUT2D eigenvalue weighted by molar-refractivity contribution is 5.51. The van der Waals surface area contributed by atoms with Crippen molar-refractivity contribution in [2.45, 2.75) is 26.7 Å². The summed E-state index contributed by atoms with van der Waals surface area (Å²) in [7, 11) is 0. The third-order valence-electron chi connectivity index (χ3n) is 4.08. The van der Waals surface area contributed by atoms with Crippen LogP contribution >= 0.6 is 0 Å². The van der Waals surface area contributed by atoms with Gasteiger partial charge < -0.3 is 10.2 Å². The molecule has 0 spiro atoms. The number of anilines is 1. The second-order valence-electron chi connectivity index (χ2n) is 5.65. The zero-order valence-electron chi connectivity index (χ0n) is 12.6. The van der Waals surface area contributed by atoms with Gasteiger partial charge in [0, 0.05) is 19.2 Å². The summed E-state index contributed by atoms with van der Waals surface area (Å²) in [4.78, 5) is 18.5. The van der Waals surface area contributed by atoms with Crippen LogP contribution < -0.4 is 15.9 Å². The maximum atomic E-state index is 11.6. The van der Waals surface area contributed by atoms with E-state index in [0.717, 1.165) is 32.0 Å². The third kappa shape index (κ3) is 2.78. The van der Waals surface area contributed by atoms with E-state index in [-0.39, 0.29) is 5.69 Å². The topological polar surface area (TPSA) is 78.3 Å². The van der Waals surface area contributed by atoms with Crippen molar-refractivity contribution in [3.63, 3.8) is 0 Å². The van der Waals surface area contributed by atoms with Crippen molar-refractivity contribution < 1.29 is 0 Å². The predicted molar refractivity (Wildman–Crippen MR) is 81.8 cm³/mol. The number of rotatable bonds is 4. The quantitative estimate of drug-likeness (QED) is 0.860. The summed E-state index contributed by atoms with van der Waals surface area (Å²) >= 11 is 0. The Kier molecular flexibility index (Phi) is 3.92. The summed E-state index contributed by atoms with van der Waals surface area (Å²) in [5, 5.41) is 9.95. The minimum atomic E-state index is -0.231. The molecule has 0 aliphatic carbocycles. The second kappa shape index (κ2) is 5.85. The Morgan fingerprint density at radius 3 is 3.19 bits per heavy atom. The highest BCUT2D eigenvalue weighted by Gasteiger charge is 2.21. The normalized spacial score (nSPS) is 19.3. The van der Waals surface area contributed by atoms with Crippen LogP contribution in [0, 0.1) is 12.8 Å². The molecule has 1 aliphatic heterocycles. The number of nitrogens with zero attached hydrogens (tertiary/aromatic N) is 4. The maximum absolute atomic E-state index is 11.6. The van der Waals surface area contributed by atoms with Crippen LogP contribution in [0.3, 0.4) is 0 Å². The van der Waals surface area contributed by atoms with Crippen molar-refractivity contribution in [1.29, 1.82) is 0 Å². The predicted octanol–water partition coefficient (Wildman–Crippen LogP) is 0.552. The molecule has 1 unspecified atom stereocenters. The maximum Gasteiger partial charge on any atom is 0.349 e. The smallest absolute Gasteiger partial charge is 0.349 e. The number of hydrogen-bond donors (Lipinski definition) is 2. The van der Waals surface area contributed by atoms with Crippen LogP contribution in [0.4, 0.5) is 5.82 Å². The Labute approximate surface area is 123 Å². The molecular formula is C14H22N6O. The van der Waals surface area contributed by atoms with Gasteiger partial charge in [-0.25, -0.2) is 19.3 Å². The number of aromatic amines is 1. The Morgan fingerprint density at radius 1 is 1.52 bits per heavy atom. The van der Waals surface area contributed by atoms with Crippen LogP contribution in [0.25, 0.3) is 5.65 Å². The largest absolute Gasteiger partial charge is 0.356 e. The van der Waals surface area contributed by atoms with Crippen LogP contribution in [0.15, 0.2) is 10.9 Å². The average Bonchev–Trinajstić information content (AvgIpc) is 2.87. The van der Waals surface area contributed by atoms with Gasteiger partial charge in [-0.1, -0.05) is 6.92 Å². The van der Waals surface area contributed by atoms with Gasteiger partial charge in [0.15, 0.2) is 5.65 Å². The number of fused-ring (bicyclic) bond motifs is 1. The second-order valence-corrected chi connectivity index (χ2v) is 5.65. The minimum absolute atomic E-state index is 0.231. The molecular weight excluding hydrogens is 268 g/mol. The summed E-state index contributed by atoms with van der Waals surface area (Å²) in [6.07, 6.45) is 2.43. The van der Waals surface area contributed by atoms with Crippen molar-refractivity contribution in [1.82, 2.24) is 24.9 Å². The molecule has 0 bridgehead atoms. The molecule has 2 N–H and O–H groups in total. The average molecular weight is 290 g/mol. The van der Waals surface area contributed by atoms with E-state index < -0.39 is 0 Å². The Hall–Kier alpha value is -1.89. The van der Waals surface area contributed by atoms with Gasteiger partial charge in [0.1, 0.15) is 11.6 Å². The van der Waals surface area contributed by atoms with Gasteiger partial charge in [0.2, 0.25) is 0 Å². The van der Waals surface area contributed by atoms with Gasteiger partial charge in [-0.3, -0.25) is 0 Å². The summed E-state index contributed by atoms with van der Waals surface area (Å²) in [5.74, 6) is 2.24. The number of piperidine rings is 1. The van der Waals surface area contributed by atoms with Crippen molar-refractivity contribution in [2.75, 3.05) is 31.1 Å². The van der Waals surface area contributed by atoms with E-state index in [9.17, 15) is 4.79 Å². The Balaban J connectivity index is 1.84. The highest BCUT2D eigenvalue weighted by atomic mass is 16.1. The van der Waals surface area contributed by atoms with E-state index in [0.29, 0.717) is 17.4 Å². The molecule has 21 heavy (non-hydrogen) atoms. The molecule has 2 aromatic rings. The number of aryl methyl sites for hydroxylation is 1. The lowest BCUT2D eigenvalue weighted by molar-refractivity contribution is 0.394. The van der Waals surface area contributed by atoms with E-state index in [2.05, 4.69) is 32.3 Å². The van der Waals surface area contributed by atoms with E-state index in [4.69, 9.17) is 0 Å². The van der Waals surface area contributed by atoms with E-state index in [1.807, 2.05) is 13.0 Å². The van der Waals surface area contributed by atoms with E-state index in [1.165, 1.54) is 17.2 Å². The van der Waals surface area contributed by atoms with Gasteiger partial charge in [0.25, 0.3) is 0 Å². The molecule has 3 rings (SSSR count). The summed E-state index contributed by atoms with van der Waals surface area (Å²) in [5.41, 5.74) is 0.404. The minimum Gasteiger partial charge on any atom is -0.356 e. The molecule has 1 fully saturated rings. The lowest BCUT2D eigenvalue weighted by Crippen LogP contribution is -2.40. The molecule has 7 heteroatoms. The van der Waals surface area contributed by atoms with Crippen LogP contribution in [0.5, 0.6) is 0 Å². The van der Waals surface area contributed by atoms with Crippen LogP contribution in [0.1, 0.15) is 25.6 Å². The first-order chi connectivity index (χ1) is 10.2. The van der Waals surface area contributed by atoms with Crippen LogP contribution in [0.2, 0.25) is 0 Å². The lowest BCUT2D eigenvalue weighted by atomic mass is 9.98. The standard InChI is InChI=1S/C14H22N6O/c1-3-15-8-11-5-4-6-19(9-11)12-7-13-17-18-14(21)20(13)10(2)16-12/h7,11,15H,3-6,8-9H2,1-2H3,(H,18,21). The molecule has 0 aromatic carbocycles. The highest BCUT2D eigenvalue weighted by Crippen LogP contribution is 2.22. The fourth-order valence-electron chi connectivity index (χ4n) is 3.03. The van der Waals surface area contributed by atoms with Crippen molar-refractivity contribution in [2.24, 2.45) is 5.92 Å². The monoisotopic (exact) mass is 290 g/mol. The van der Waals surface area contributed by atoms with E-state index >= 15 is 0 Å². The van der Waals surface area contributed by atoms with Gasteiger partial charge >= 0.3 is 5.69 Å². The molecule has 1 atom stereocenters. The molecule has 1 saturated heterocycles. The van der Waals surface area contributed by atoms with Crippen LogP contribution in [-0.4, -0.2) is 45.8 Å². The zero-order valence-corrected chi connectivity index (χ0v) is 12.6. The SMILES string of the molecule is CCNCC1CCCN(c2cc3n[nH]c(=O)n3c(C)n2)C1.